The molecule has 6 rings (SSSR count). The van der Waals surface area contributed by atoms with Crippen molar-refractivity contribution in [3.63, 3.8) is 0 Å². The van der Waals surface area contributed by atoms with Gasteiger partial charge in [0.2, 0.25) is 0 Å². The summed E-state index contributed by atoms with van der Waals surface area (Å²) in [5, 5.41) is 7.99. The molecule has 0 radical (unpaired) electrons. The number of fused-ring (bicyclic) bond motifs is 3. The largest absolute Gasteiger partial charge is 0.377 e. The van der Waals surface area contributed by atoms with Gasteiger partial charge in [-0.1, -0.05) is 36.8 Å². The summed E-state index contributed by atoms with van der Waals surface area (Å²) < 4.78 is 12.5. The molecule has 1 aromatic carbocycles. The van der Waals surface area contributed by atoms with E-state index in [1.165, 1.54) is 82.3 Å². The van der Waals surface area contributed by atoms with Crippen molar-refractivity contribution >= 4 is 0 Å². The van der Waals surface area contributed by atoms with Gasteiger partial charge in [-0.2, -0.15) is 0 Å². The van der Waals surface area contributed by atoms with Gasteiger partial charge in [0.1, 0.15) is 0 Å². The number of hydrogen-bond donors (Lipinski definition) is 2. The fraction of sp³-hybridized carbons (Fsp3) is 0.812. The highest BCUT2D eigenvalue weighted by Crippen LogP contribution is 2.46. The average molecular weight is 525 g/mol. The highest BCUT2D eigenvalue weighted by atomic mass is 16.5. The van der Waals surface area contributed by atoms with E-state index >= 15 is 0 Å². The molecular formula is C32H52N4O2. The second-order valence-electron chi connectivity index (χ2n) is 13.4. The lowest BCUT2D eigenvalue weighted by atomic mass is 9.62. The first kappa shape index (κ1) is 27.2. The first-order valence-electron chi connectivity index (χ1n) is 15.8. The maximum atomic E-state index is 6.44. The van der Waals surface area contributed by atoms with Crippen molar-refractivity contribution in [3.05, 3.63) is 35.4 Å². The predicted octanol–water partition coefficient (Wildman–Crippen LogP) is 4.37. The Bertz CT molecular complexity index is 882. The summed E-state index contributed by atoms with van der Waals surface area (Å²) in [5.41, 5.74) is 2.62. The Balaban J connectivity index is 0.978. The Kier molecular flexibility index (Phi) is 8.75. The molecule has 7 atom stereocenters. The van der Waals surface area contributed by atoms with Gasteiger partial charge in [0.15, 0.2) is 0 Å². The number of ether oxygens (including phenoxy) is 2. The quantitative estimate of drug-likeness (QED) is 0.527. The molecule has 0 bridgehead atoms. The van der Waals surface area contributed by atoms with Crippen molar-refractivity contribution in [2.45, 2.75) is 103 Å². The first-order chi connectivity index (χ1) is 18.5. The number of piperazine rings is 1. The fourth-order valence-electron chi connectivity index (χ4n) is 8.27. The third-order valence-corrected chi connectivity index (χ3v) is 10.6. The number of benzene rings is 1. The van der Waals surface area contributed by atoms with Gasteiger partial charge in [0.25, 0.3) is 0 Å². The molecule has 3 saturated carbocycles. The SMILES string of the molecule is Cc1ccc(COC2CCC3C(CCC4C3NC(C)NC4N3CCN(CCOC4CC(C)C4)CC3)C2)cc1. The van der Waals surface area contributed by atoms with Gasteiger partial charge in [0, 0.05) is 44.7 Å². The van der Waals surface area contributed by atoms with Gasteiger partial charge in [0.05, 0.1) is 37.8 Å². The molecule has 2 saturated heterocycles. The number of hydrogen-bond acceptors (Lipinski definition) is 6. The summed E-state index contributed by atoms with van der Waals surface area (Å²) in [7, 11) is 0. The van der Waals surface area contributed by atoms with Crippen LogP contribution in [0, 0.1) is 30.6 Å². The molecule has 0 spiro atoms. The Morgan fingerprint density at radius 2 is 1.58 bits per heavy atom. The van der Waals surface area contributed by atoms with Crippen LogP contribution in [0.3, 0.4) is 0 Å². The standard InChI is InChI=1S/C32H52N4O2/c1-22-4-6-25(7-5-22)21-38-27-9-11-29-26(20-27)8-10-30-31(29)33-24(3)34-32(30)36-14-12-35(13-15-36)16-17-37-28-18-23(2)19-28/h4-7,23-24,26-34H,8-21H2,1-3H3. The highest BCUT2D eigenvalue weighted by Gasteiger charge is 2.49. The normalized spacial score (nSPS) is 40.2. The van der Waals surface area contributed by atoms with Crippen molar-refractivity contribution in [1.82, 2.24) is 20.4 Å². The molecule has 0 aromatic heterocycles. The van der Waals surface area contributed by atoms with Gasteiger partial charge in [-0.15, -0.1) is 0 Å². The fourth-order valence-corrected chi connectivity index (χ4v) is 8.27. The van der Waals surface area contributed by atoms with Crippen LogP contribution in [-0.4, -0.2) is 79.7 Å². The zero-order chi connectivity index (χ0) is 26.1. The summed E-state index contributed by atoms with van der Waals surface area (Å²) >= 11 is 0. The lowest BCUT2D eigenvalue weighted by molar-refractivity contribution is -0.0745. The molecule has 6 nitrogen and oxygen atoms in total. The molecule has 1 aromatic rings. The number of aryl methyl sites for hydroxylation is 1. The molecule has 2 aliphatic heterocycles. The topological polar surface area (TPSA) is 49.0 Å². The minimum atomic E-state index is 0.381. The van der Waals surface area contributed by atoms with E-state index in [0.717, 1.165) is 37.5 Å². The second kappa shape index (κ2) is 12.2. The molecule has 5 fully saturated rings. The van der Waals surface area contributed by atoms with Crippen molar-refractivity contribution in [2.24, 2.45) is 23.7 Å². The third-order valence-electron chi connectivity index (χ3n) is 10.6. The molecule has 2 N–H and O–H groups in total. The van der Waals surface area contributed by atoms with Crippen LogP contribution < -0.4 is 10.6 Å². The lowest BCUT2D eigenvalue weighted by Crippen LogP contribution is -2.71. The van der Waals surface area contributed by atoms with Crippen LogP contribution in [0.5, 0.6) is 0 Å². The van der Waals surface area contributed by atoms with Crippen LogP contribution >= 0.6 is 0 Å². The monoisotopic (exact) mass is 524 g/mol. The van der Waals surface area contributed by atoms with E-state index in [1.54, 1.807) is 0 Å². The van der Waals surface area contributed by atoms with Crippen LogP contribution in [0.4, 0.5) is 0 Å². The molecule has 3 aliphatic carbocycles. The molecule has 38 heavy (non-hydrogen) atoms. The zero-order valence-electron chi connectivity index (χ0n) is 24.1. The Hall–Kier alpha value is -1.02. The van der Waals surface area contributed by atoms with Crippen LogP contribution in [-0.2, 0) is 16.1 Å². The van der Waals surface area contributed by atoms with Crippen LogP contribution in [0.15, 0.2) is 24.3 Å². The summed E-state index contributed by atoms with van der Waals surface area (Å²) in [5.74, 6) is 3.19. The van der Waals surface area contributed by atoms with Crippen molar-refractivity contribution < 1.29 is 9.47 Å². The lowest BCUT2D eigenvalue weighted by Gasteiger charge is -2.56. The summed E-state index contributed by atoms with van der Waals surface area (Å²) in [6.07, 6.45) is 10.8. The van der Waals surface area contributed by atoms with E-state index in [-0.39, 0.29) is 0 Å². The van der Waals surface area contributed by atoms with E-state index in [1.807, 2.05) is 0 Å². The predicted molar refractivity (Wildman–Crippen MR) is 153 cm³/mol. The molecule has 5 aliphatic rings. The number of nitrogens with one attached hydrogen (secondary N) is 2. The molecule has 0 amide bonds. The van der Waals surface area contributed by atoms with E-state index in [4.69, 9.17) is 9.47 Å². The van der Waals surface area contributed by atoms with Gasteiger partial charge >= 0.3 is 0 Å². The Morgan fingerprint density at radius 1 is 0.816 bits per heavy atom. The van der Waals surface area contributed by atoms with Gasteiger partial charge in [-0.25, -0.2) is 0 Å². The maximum Gasteiger partial charge on any atom is 0.0720 e. The zero-order valence-corrected chi connectivity index (χ0v) is 24.1. The van der Waals surface area contributed by atoms with Crippen LogP contribution in [0.25, 0.3) is 0 Å². The molecule has 7 unspecified atom stereocenters. The van der Waals surface area contributed by atoms with Crippen molar-refractivity contribution in [1.29, 1.82) is 0 Å². The van der Waals surface area contributed by atoms with Gasteiger partial charge in [-0.05, 0) is 82.1 Å². The van der Waals surface area contributed by atoms with Gasteiger partial charge < -0.3 is 9.47 Å². The molecule has 6 heteroatoms. The number of rotatable bonds is 8. The summed E-state index contributed by atoms with van der Waals surface area (Å²) in [4.78, 5) is 5.39. The van der Waals surface area contributed by atoms with E-state index in [9.17, 15) is 0 Å². The van der Waals surface area contributed by atoms with Crippen molar-refractivity contribution in [3.8, 4) is 0 Å². The van der Waals surface area contributed by atoms with Crippen LogP contribution in [0.2, 0.25) is 0 Å². The molecule has 2 heterocycles. The summed E-state index contributed by atoms with van der Waals surface area (Å²) in [6.45, 7) is 14.3. The minimum absolute atomic E-state index is 0.381. The third kappa shape index (κ3) is 6.31. The van der Waals surface area contributed by atoms with E-state index < -0.39 is 0 Å². The van der Waals surface area contributed by atoms with E-state index in [0.29, 0.717) is 36.5 Å². The van der Waals surface area contributed by atoms with E-state index in [2.05, 4.69) is 65.5 Å². The highest BCUT2D eigenvalue weighted by molar-refractivity contribution is 5.20. The second-order valence-corrected chi connectivity index (χ2v) is 13.4. The summed E-state index contributed by atoms with van der Waals surface area (Å²) in [6, 6.07) is 9.47. The van der Waals surface area contributed by atoms with Gasteiger partial charge in [-0.3, -0.25) is 20.4 Å². The Labute approximate surface area is 231 Å². The molecule has 212 valence electrons. The maximum absolute atomic E-state index is 6.44. The molecular weight excluding hydrogens is 472 g/mol. The van der Waals surface area contributed by atoms with Crippen LogP contribution in [0.1, 0.15) is 69.9 Å². The number of nitrogens with zero attached hydrogens (tertiary/aromatic N) is 2. The smallest absolute Gasteiger partial charge is 0.0720 e. The van der Waals surface area contributed by atoms with Crippen molar-refractivity contribution in [2.75, 3.05) is 39.3 Å². The average Bonchev–Trinajstić information content (AvgIpc) is 2.91. The minimum Gasteiger partial charge on any atom is -0.377 e. The Morgan fingerprint density at radius 3 is 2.34 bits per heavy atom. The first-order valence-corrected chi connectivity index (χ1v) is 15.8.